The van der Waals surface area contributed by atoms with Crippen molar-refractivity contribution in [3.63, 3.8) is 0 Å². The van der Waals surface area contributed by atoms with Gasteiger partial charge in [-0.25, -0.2) is 17.8 Å². The Hall–Kier alpha value is -2.30. The monoisotopic (exact) mass is 392 g/mol. The van der Waals surface area contributed by atoms with E-state index in [2.05, 4.69) is 25.7 Å². The van der Waals surface area contributed by atoms with Crippen LogP contribution in [0.2, 0.25) is 0 Å². The first-order valence-corrected chi connectivity index (χ1v) is 10.4. The van der Waals surface area contributed by atoms with E-state index < -0.39 is 10.0 Å². The molecule has 1 saturated heterocycles. The summed E-state index contributed by atoms with van der Waals surface area (Å²) in [6.45, 7) is 5.35. The number of hydrogen-bond donors (Lipinski definition) is 3. The van der Waals surface area contributed by atoms with Gasteiger partial charge in [-0.15, -0.1) is 5.10 Å². The highest BCUT2D eigenvalue weighted by atomic mass is 32.2. The molecule has 0 unspecified atom stereocenters. The third-order valence-electron chi connectivity index (χ3n) is 4.24. The highest BCUT2D eigenvalue weighted by Crippen LogP contribution is 2.18. The van der Waals surface area contributed by atoms with Crippen molar-refractivity contribution in [2.45, 2.75) is 43.7 Å². The fraction of sp³-hybridized carbons (Fsp3) is 0.471. The number of aromatic nitrogens is 3. The van der Waals surface area contributed by atoms with E-state index in [1.54, 1.807) is 36.9 Å². The largest absolute Gasteiger partial charge is 0.321 e. The maximum absolute atomic E-state index is 12.4. The minimum absolute atomic E-state index is 0.144. The van der Waals surface area contributed by atoms with Crippen LogP contribution < -0.4 is 15.4 Å². The van der Waals surface area contributed by atoms with Crippen LogP contribution in [0.5, 0.6) is 0 Å². The molecule has 3 N–H and O–H groups in total. The molecule has 2 heterocycles. The zero-order valence-corrected chi connectivity index (χ0v) is 16.2. The number of benzene rings is 1. The SMILES string of the molecule is CC(C)NS(=O)(=O)c1ccc(NC(=O)c2cn(C3CCNCC3)nn2)cc1. The molecule has 1 aromatic heterocycles. The van der Waals surface area contributed by atoms with Crippen LogP contribution in [0.1, 0.15) is 43.2 Å². The van der Waals surface area contributed by atoms with Crippen molar-refractivity contribution in [1.29, 1.82) is 0 Å². The minimum Gasteiger partial charge on any atom is -0.321 e. The van der Waals surface area contributed by atoms with Gasteiger partial charge in [0.2, 0.25) is 10.0 Å². The van der Waals surface area contributed by atoms with Gasteiger partial charge < -0.3 is 10.6 Å². The highest BCUT2D eigenvalue weighted by molar-refractivity contribution is 7.89. The molecule has 0 atom stereocenters. The first-order chi connectivity index (χ1) is 12.8. The van der Waals surface area contributed by atoms with Crippen molar-refractivity contribution in [2.75, 3.05) is 18.4 Å². The van der Waals surface area contributed by atoms with Crippen LogP contribution in [-0.4, -0.2) is 48.5 Å². The average molecular weight is 392 g/mol. The fourth-order valence-electron chi connectivity index (χ4n) is 2.92. The molecule has 0 spiro atoms. The van der Waals surface area contributed by atoms with Gasteiger partial charge in [-0.2, -0.15) is 0 Å². The van der Waals surface area contributed by atoms with Crippen molar-refractivity contribution >= 4 is 21.6 Å². The number of rotatable bonds is 6. The van der Waals surface area contributed by atoms with Crippen molar-refractivity contribution in [3.8, 4) is 0 Å². The summed E-state index contributed by atoms with van der Waals surface area (Å²) >= 11 is 0. The number of hydrogen-bond acceptors (Lipinski definition) is 6. The predicted molar refractivity (Wildman–Crippen MR) is 101 cm³/mol. The first-order valence-electron chi connectivity index (χ1n) is 8.91. The molecule has 1 aromatic carbocycles. The summed E-state index contributed by atoms with van der Waals surface area (Å²) in [5.41, 5.74) is 0.714. The molecular formula is C17H24N6O3S. The van der Waals surface area contributed by atoms with Gasteiger partial charge in [-0.3, -0.25) is 4.79 Å². The summed E-state index contributed by atoms with van der Waals surface area (Å²) in [7, 11) is -3.56. The molecule has 1 fully saturated rings. The number of carbonyl (C=O) groups excluding carboxylic acids is 1. The number of nitrogens with zero attached hydrogens (tertiary/aromatic N) is 3. The average Bonchev–Trinajstić information content (AvgIpc) is 3.12. The molecule has 1 aliphatic rings. The van der Waals surface area contributed by atoms with Crippen molar-refractivity contribution < 1.29 is 13.2 Å². The van der Waals surface area contributed by atoms with Crippen LogP contribution in [0.4, 0.5) is 5.69 Å². The smallest absolute Gasteiger partial charge is 0.277 e. The number of piperidine rings is 1. The van der Waals surface area contributed by atoms with Crippen molar-refractivity contribution in [2.24, 2.45) is 0 Å². The van der Waals surface area contributed by atoms with Crippen LogP contribution in [0, 0.1) is 0 Å². The Labute approximate surface area is 158 Å². The van der Waals surface area contributed by atoms with Crippen LogP contribution in [-0.2, 0) is 10.0 Å². The number of nitrogens with one attached hydrogen (secondary N) is 3. The van der Waals surface area contributed by atoms with E-state index in [0.29, 0.717) is 5.69 Å². The zero-order chi connectivity index (χ0) is 19.4. The number of carbonyl (C=O) groups is 1. The summed E-state index contributed by atoms with van der Waals surface area (Å²) in [5.74, 6) is -0.383. The fourth-order valence-corrected chi connectivity index (χ4v) is 4.17. The lowest BCUT2D eigenvalue weighted by Gasteiger charge is -2.22. The van der Waals surface area contributed by atoms with Gasteiger partial charge in [-0.1, -0.05) is 5.21 Å². The Kier molecular flexibility index (Phi) is 5.88. The Bertz CT molecular complexity index is 886. The van der Waals surface area contributed by atoms with E-state index >= 15 is 0 Å². The molecule has 0 saturated carbocycles. The van der Waals surface area contributed by atoms with Gasteiger partial charge in [-0.05, 0) is 64.0 Å². The molecule has 0 aliphatic carbocycles. The molecule has 10 heteroatoms. The number of sulfonamides is 1. The minimum atomic E-state index is -3.56. The van der Waals surface area contributed by atoms with Crippen LogP contribution in [0.3, 0.4) is 0 Å². The predicted octanol–water partition coefficient (Wildman–Crippen LogP) is 1.14. The maximum Gasteiger partial charge on any atom is 0.277 e. The lowest BCUT2D eigenvalue weighted by Crippen LogP contribution is -2.30. The van der Waals surface area contributed by atoms with Gasteiger partial charge >= 0.3 is 0 Å². The van der Waals surface area contributed by atoms with Gasteiger partial charge in [0.25, 0.3) is 5.91 Å². The second kappa shape index (κ2) is 8.15. The van der Waals surface area contributed by atoms with E-state index in [0.717, 1.165) is 25.9 Å². The van der Waals surface area contributed by atoms with E-state index in [9.17, 15) is 13.2 Å². The molecule has 9 nitrogen and oxygen atoms in total. The lowest BCUT2D eigenvalue weighted by molar-refractivity contribution is 0.102. The second-order valence-corrected chi connectivity index (χ2v) is 8.53. The van der Waals surface area contributed by atoms with Crippen LogP contribution in [0.25, 0.3) is 0 Å². The summed E-state index contributed by atoms with van der Waals surface area (Å²) < 4.78 is 28.5. The first kappa shape index (κ1) is 19.5. The van der Waals surface area contributed by atoms with E-state index in [1.165, 1.54) is 12.1 Å². The Morgan fingerprint density at radius 2 is 1.89 bits per heavy atom. The van der Waals surface area contributed by atoms with E-state index in [1.807, 2.05) is 0 Å². The quantitative estimate of drug-likeness (QED) is 0.678. The maximum atomic E-state index is 12.4. The molecule has 1 amide bonds. The van der Waals surface area contributed by atoms with Crippen LogP contribution in [0.15, 0.2) is 35.4 Å². The molecule has 1 aliphatic heterocycles. The van der Waals surface area contributed by atoms with Gasteiger partial charge in [0.05, 0.1) is 17.1 Å². The Morgan fingerprint density at radius 1 is 1.22 bits per heavy atom. The topological polar surface area (TPSA) is 118 Å². The van der Waals surface area contributed by atoms with Crippen molar-refractivity contribution in [1.82, 2.24) is 25.0 Å². The second-order valence-electron chi connectivity index (χ2n) is 6.82. The molecule has 2 aromatic rings. The highest BCUT2D eigenvalue weighted by Gasteiger charge is 2.19. The van der Waals surface area contributed by atoms with Crippen LogP contribution >= 0.6 is 0 Å². The van der Waals surface area contributed by atoms with E-state index in [-0.39, 0.29) is 28.6 Å². The zero-order valence-electron chi connectivity index (χ0n) is 15.3. The Morgan fingerprint density at radius 3 is 2.52 bits per heavy atom. The van der Waals surface area contributed by atoms with Crippen molar-refractivity contribution in [3.05, 3.63) is 36.2 Å². The molecule has 0 radical (unpaired) electrons. The normalized spacial score (nSPS) is 15.8. The summed E-state index contributed by atoms with van der Waals surface area (Å²) in [5, 5.41) is 14.0. The van der Waals surface area contributed by atoms with Gasteiger partial charge in [0.15, 0.2) is 5.69 Å². The lowest BCUT2D eigenvalue weighted by atomic mass is 10.1. The summed E-state index contributed by atoms with van der Waals surface area (Å²) in [6.07, 6.45) is 3.55. The van der Waals surface area contributed by atoms with Gasteiger partial charge in [0.1, 0.15) is 0 Å². The number of anilines is 1. The summed E-state index contributed by atoms with van der Waals surface area (Å²) in [4.78, 5) is 12.5. The summed E-state index contributed by atoms with van der Waals surface area (Å²) in [6, 6.07) is 6.04. The molecular weight excluding hydrogens is 368 g/mol. The molecule has 3 rings (SSSR count). The standard InChI is InChI=1S/C17H24N6O3S/c1-12(2)21-27(25,26)15-5-3-13(4-6-15)19-17(24)16-11-23(22-20-16)14-7-9-18-10-8-14/h3-6,11-12,14,18,21H,7-10H2,1-2H3,(H,19,24). The molecule has 27 heavy (non-hydrogen) atoms. The van der Waals surface area contributed by atoms with E-state index in [4.69, 9.17) is 0 Å². The molecule has 0 bridgehead atoms. The number of amides is 1. The third kappa shape index (κ3) is 4.90. The Balaban J connectivity index is 1.65. The molecule has 146 valence electrons. The third-order valence-corrected chi connectivity index (χ3v) is 5.91. The van der Waals surface area contributed by atoms with Gasteiger partial charge in [0, 0.05) is 11.7 Å².